The summed E-state index contributed by atoms with van der Waals surface area (Å²) in [6, 6.07) is 0. The Labute approximate surface area is 102 Å². The third kappa shape index (κ3) is 2.89. The van der Waals surface area contributed by atoms with E-state index in [2.05, 4.69) is 26.2 Å². The van der Waals surface area contributed by atoms with Gasteiger partial charge in [0.2, 0.25) is 0 Å². The van der Waals surface area contributed by atoms with E-state index in [4.69, 9.17) is 5.73 Å². The second-order valence-corrected chi connectivity index (χ2v) is 4.05. The van der Waals surface area contributed by atoms with Gasteiger partial charge in [0.15, 0.2) is 0 Å². The molecule has 0 aromatic carbocycles. The van der Waals surface area contributed by atoms with Crippen LogP contribution in [0.15, 0.2) is 10.7 Å². The van der Waals surface area contributed by atoms with E-state index in [1.54, 1.807) is 6.92 Å². The van der Waals surface area contributed by atoms with Gasteiger partial charge in [-0.05, 0) is 35.8 Å². The SMILES string of the molecule is Cc1c([N+](=O)[O-])cnc(NCCCN)c1Br. The molecule has 0 spiro atoms. The molecule has 0 unspecified atom stereocenters. The minimum Gasteiger partial charge on any atom is -0.369 e. The lowest BCUT2D eigenvalue weighted by Gasteiger charge is -2.08. The summed E-state index contributed by atoms with van der Waals surface area (Å²) in [6.07, 6.45) is 2.08. The maximum absolute atomic E-state index is 10.7. The lowest BCUT2D eigenvalue weighted by atomic mass is 10.2. The maximum Gasteiger partial charge on any atom is 0.291 e. The molecule has 0 bridgehead atoms. The Morgan fingerprint density at radius 1 is 1.69 bits per heavy atom. The molecule has 6 nitrogen and oxygen atoms in total. The molecule has 0 saturated heterocycles. The molecule has 0 aliphatic heterocycles. The Morgan fingerprint density at radius 2 is 2.38 bits per heavy atom. The zero-order valence-electron chi connectivity index (χ0n) is 8.86. The van der Waals surface area contributed by atoms with E-state index in [1.807, 2.05) is 0 Å². The van der Waals surface area contributed by atoms with Crippen molar-refractivity contribution in [3.8, 4) is 0 Å². The average molecular weight is 289 g/mol. The molecule has 1 aromatic rings. The second kappa shape index (κ2) is 5.76. The second-order valence-electron chi connectivity index (χ2n) is 3.26. The van der Waals surface area contributed by atoms with Gasteiger partial charge in [0.05, 0.1) is 9.40 Å². The van der Waals surface area contributed by atoms with Crippen LogP contribution in [0, 0.1) is 17.0 Å². The zero-order chi connectivity index (χ0) is 12.1. The molecular formula is C9H13BrN4O2. The molecule has 0 fully saturated rings. The van der Waals surface area contributed by atoms with Crippen molar-refractivity contribution in [3.63, 3.8) is 0 Å². The summed E-state index contributed by atoms with van der Waals surface area (Å²) < 4.78 is 0.624. The molecule has 0 amide bonds. The number of halogens is 1. The fraction of sp³-hybridized carbons (Fsp3) is 0.444. The smallest absolute Gasteiger partial charge is 0.291 e. The van der Waals surface area contributed by atoms with Crippen molar-refractivity contribution in [2.45, 2.75) is 13.3 Å². The summed E-state index contributed by atoms with van der Waals surface area (Å²) >= 11 is 3.29. The Balaban J connectivity index is 2.89. The van der Waals surface area contributed by atoms with Crippen molar-refractivity contribution in [1.29, 1.82) is 0 Å². The molecule has 3 N–H and O–H groups in total. The summed E-state index contributed by atoms with van der Waals surface area (Å²) in [6.45, 7) is 2.97. The number of hydrogen-bond donors (Lipinski definition) is 2. The van der Waals surface area contributed by atoms with Crippen LogP contribution in [0.4, 0.5) is 11.5 Å². The standard InChI is InChI=1S/C9H13BrN4O2/c1-6-7(14(15)16)5-13-9(8(6)10)12-4-2-3-11/h5H,2-4,11H2,1H3,(H,12,13). The first-order valence-electron chi connectivity index (χ1n) is 4.81. The molecule has 0 aliphatic rings. The van der Waals surface area contributed by atoms with Gasteiger partial charge in [0, 0.05) is 12.1 Å². The van der Waals surface area contributed by atoms with Gasteiger partial charge in [-0.1, -0.05) is 0 Å². The van der Waals surface area contributed by atoms with E-state index in [0.29, 0.717) is 28.9 Å². The van der Waals surface area contributed by atoms with Gasteiger partial charge in [0.1, 0.15) is 12.0 Å². The zero-order valence-corrected chi connectivity index (χ0v) is 10.5. The summed E-state index contributed by atoms with van der Waals surface area (Å²) in [4.78, 5) is 14.2. The number of nitrogens with zero attached hydrogens (tertiary/aromatic N) is 2. The highest BCUT2D eigenvalue weighted by atomic mass is 79.9. The fourth-order valence-electron chi connectivity index (χ4n) is 1.19. The van der Waals surface area contributed by atoms with Gasteiger partial charge in [-0.2, -0.15) is 0 Å². The molecule has 7 heteroatoms. The highest BCUT2D eigenvalue weighted by molar-refractivity contribution is 9.10. The number of pyridine rings is 1. The van der Waals surface area contributed by atoms with Crippen LogP contribution in [0.1, 0.15) is 12.0 Å². The van der Waals surface area contributed by atoms with E-state index < -0.39 is 4.92 Å². The molecule has 0 aliphatic carbocycles. The number of nitro groups is 1. The summed E-state index contributed by atoms with van der Waals surface area (Å²) in [7, 11) is 0. The largest absolute Gasteiger partial charge is 0.369 e. The first-order chi connectivity index (χ1) is 7.57. The minimum absolute atomic E-state index is 0.0104. The molecule has 0 radical (unpaired) electrons. The van der Waals surface area contributed by atoms with Crippen molar-refractivity contribution in [1.82, 2.24) is 4.98 Å². The van der Waals surface area contributed by atoms with Gasteiger partial charge in [-0.3, -0.25) is 10.1 Å². The van der Waals surface area contributed by atoms with Gasteiger partial charge >= 0.3 is 0 Å². The predicted molar refractivity (Wildman–Crippen MR) is 65.5 cm³/mol. The third-order valence-corrected chi connectivity index (χ3v) is 3.08. The van der Waals surface area contributed by atoms with Gasteiger partial charge in [0.25, 0.3) is 5.69 Å². The van der Waals surface area contributed by atoms with Crippen LogP contribution in [0.2, 0.25) is 0 Å². The molecular weight excluding hydrogens is 276 g/mol. The molecule has 1 rings (SSSR count). The van der Waals surface area contributed by atoms with E-state index in [-0.39, 0.29) is 5.69 Å². The predicted octanol–water partition coefficient (Wildman–Crippen LogP) is 1.82. The number of aromatic nitrogens is 1. The first kappa shape index (κ1) is 12.9. The fourth-order valence-corrected chi connectivity index (χ4v) is 1.63. The number of anilines is 1. The molecule has 88 valence electrons. The maximum atomic E-state index is 10.7. The van der Waals surface area contributed by atoms with Crippen LogP contribution in [0.3, 0.4) is 0 Å². The molecule has 0 atom stereocenters. The van der Waals surface area contributed by atoms with Crippen LogP contribution in [-0.2, 0) is 0 Å². The van der Waals surface area contributed by atoms with Crippen LogP contribution in [0.25, 0.3) is 0 Å². The van der Waals surface area contributed by atoms with Gasteiger partial charge in [-0.25, -0.2) is 4.98 Å². The van der Waals surface area contributed by atoms with E-state index in [0.717, 1.165) is 6.42 Å². The minimum atomic E-state index is -0.448. The Morgan fingerprint density at radius 3 is 2.94 bits per heavy atom. The average Bonchev–Trinajstić information content (AvgIpc) is 2.24. The van der Waals surface area contributed by atoms with E-state index >= 15 is 0 Å². The van der Waals surface area contributed by atoms with Crippen molar-refractivity contribution in [2.24, 2.45) is 5.73 Å². The Kier molecular flexibility index (Phi) is 4.63. The van der Waals surface area contributed by atoms with Gasteiger partial charge in [-0.15, -0.1) is 0 Å². The van der Waals surface area contributed by atoms with E-state index in [9.17, 15) is 10.1 Å². The molecule has 1 heterocycles. The molecule has 0 saturated carbocycles. The highest BCUT2D eigenvalue weighted by Gasteiger charge is 2.16. The number of nitrogens with two attached hydrogens (primary N) is 1. The van der Waals surface area contributed by atoms with Crippen molar-refractivity contribution in [2.75, 3.05) is 18.4 Å². The Bertz CT molecular complexity index is 397. The molecule has 16 heavy (non-hydrogen) atoms. The normalized spacial score (nSPS) is 10.2. The summed E-state index contributed by atoms with van der Waals surface area (Å²) in [5.74, 6) is 0.608. The number of rotatable bonds is 5. The Hall–Kier alpha value is -1.21. The first-order valence-corrected chi connectivity index (χ1v) is 5.60. The van der Waals surface area contributed by atoms with Gasteiger partial charge < -0.3 is 11.1 Å². The topological polar surface area (TPSA) is 94.1 Å². The van der Waals surface area contributed by atoms with Crippen LogP contribution in [-0.4, -0.2) is 23.0 Å². The van der Waals surface area contributed by atoms with Crippen LogP contribution in [0.5, 0.6) is 0 Å². The quantitative estimate of drug-likeness (QED) is 0.490. The highest BCUT2D eigenvalue weighted by Crippen LogP contribution is 2.30. The number of nitrogens with one attached hydrogen (secondary N) is 1. The van der Waals surface area contributed by atoms with E-state index in [1.165, 1.54) is 6.20 Å². The third-order valence-electron chi connectivity index (χ3n) is 2.11. The van der Waals surface area contributed by atoms with Crippen LogP contribution < -0.4 is 11.1 Å². The van der Waals surface area contributed by atoms with Crippen molar-refractivity contribution < 1.29 is 4.92 Å². The summed E-state index contributed by atoms with van der Waals surface area (Å²) in [5, 5.41) is 13.7. The summed E-state index contributed by atoms with van der Waals surface area (Å²) in [5.41, 5.74) is 5.94. The lowest BCUT2D eigenvalue weighted by molar-refractivity contribution is -0.385. The van der Waals surface area contributed by atoms with Crippen molar-refractivity contribution in [3.05, 3.63) is 26.3 Å². The molecule has 1 aromatic heterocycles. The number of hydrogen-bond acceptors (Lipinski definition) is 5. The lowest BCUT2D eigenvalue weighted by Crippen LogP contribution is -2.10. The van der Waals surface area contributed by atoms with Crippen LogP contribution >= 0.6 is 15.9 Å². The van der Waals surface area contributed by atoms with Crippen molar-refractivity contribution >= 4 is 27.4 Å². The monoisotopic (exact) mass is 288 g/mol.